The monoisotopic (exact) mass is 294 g/mol. The molecule has 0 unspecified atom stereocenters. The number of hydrogen-bond acceptors (Lipinski definition) is 4. The van der Waals surface area contributed by atoms with Crippen molar-refractivity contribution in [3.63, 3.8) is 0 Å². The molecule has 106 valence electrons. The summed E-state index contributed by atoms with van der Waals surface area (Å²) in [5.74, 6) is 0.756. The van der Waals surface area contributed by atoms with Crippen LogP contribution in [0.1, 0.15) is 11.1 Å². The average Bonchev–Trinajstić information content (AvgIpc) is 2.47. The van der Waals surface area contributed by atoms with E-state index in [1.54, 1.807) is 7.11 Å². The highest BCUT2D eigenvalue weighted by Gasteiger charge is 2.09. The van der Waals surface area contributed by atoms with Gasteiger partial charge >= 0.3 is 0 Å². The van der Waals surface area contributed by atoms with E-state index in [1.165, 1.54) is 10.9 Å². The third kappa shape index (κ3) is 3.18. The molecule has 1 aromatic heterocycles. The fourth-order valence-corrected chi connectivity index (χ4v) is 2.08. The summed E-state index contributed by atoms with van der Waals surface area (Å²) in [5, 5.41) is 13.3. The molecule has 2 rings (SSSR count). The Morgan fingerprint density at radius 1 is 1.35 bits per heavy atom. The minimum atomic E-state index is -0.276. The van der Waals surface area contributed by atoms with Crippen molar-refractivity contribution >= 4 is 11.6 Å². The van der Waals surface area contributed by atoms with Crippen molar-refractivity contribution in [2.24, 2.45) is 0 Å². The summed E-state index contributed by atoms with van der Waals surface area (Å²) < 4.78 is 6.41. The fourth-order valence-electron chi connectivity index (χ4n) is 1.86. The van der Waals surface area contributed by atoms with E-state index < -0.39 is 0 Å². The second-order valence-electron chi connectivity index (χ2n) is 4.26. The molecule has 0 aliphatic heterocycles. The number of ether oxygens (including phenoxy) is 1. The second kappa shape index (κ2) is 6.54. The van der Waals surface area contributed by atoms with Gasteiger partial charge in [-0.15, -0.1) is 0 Å². The van der Waals surface area contributed by atoms with Gasteiger partial charge in [-0.3, -0.25) is 4.79 Å². The molecule has 0 aliphatic rings. The van der Waals surface area contributed by atoms with Gasteiger partial charge < -0.3 is 9.84 Å². The molecule has 2 aromatic rings. The summed E-state index contributed by atoms with van der Waals surface area (Å²) in [6, 6.07) is 7.39. The Labute approximate surface area is 121 Å². The lowest BCUT2D eigenvalue weighted by molar-refractivity contribution is 0.298. The maximum atomic E-state index is 12.2. The number of rotatable bonds is 5. The average molecular weight is 295 g/mol. The van der Waals surface area contributed by atoms with Crippen LogP contribution in [0.4, 0.5) is 0 Å². The number of nitrogens with zero attached hydrogens (tertiary/aromatic N) is 2. The largest absolute Gasteiger partial charge is 0.497 e. The molecular formula is C14H15ClN2O3. The fraction of sp³-hybridized carbons (Fsp3) is 0.286. The van der Waals surface area contributed by atoms with Gasteiger partial charge in [0.15, 0.2) is 0 Å². The third-order valence-electron chi connectivity index (χ3n) is 2.94. The number of hydrogen-bond donors (Lipinski definition) is 1. The summed E-state index contributed by atoms with van der Waals surface area (Å²) in [6.07, 6.45) is 1.65. The van der Waals surface area contributed by atoms with E-state index in [0.717, 1.165) is 11.3 Å². The molecule has 1 aromatic carbocycles. The van der Waals surface area contributed by atoms with E-state index in [1.807, 2.05) is 24.3 Å². The Morgan fingerprint density at radius 2 is 2.05 bits per heavy atom. The zero-order chi connectivity index (χ0) is 14.5. The minimum absolute atomic E-state index is 0.124. The van der Waals surface area contributed by atoms with E-state index in [4.69, 9.17) is 21.4 Å². The van der Waals surface area contributed by atoms with Crippen molar-refractivity contribution in [1.82, 2.24) is 9.78 Å². The molecule has 0 aliphatic carbocycles. The minimum Gasteiger partial charge on any atom is -0.497 e. The molecule has 1 N–H and O–H groups in total. The van der Waals surface area contributed by atoms with Gasteiger partial charge in [-0.05, 0) is 17.7 Å². The van der Waals surface area contributed by atoms with Crippen molar-refractivity contribution in [3.8, 4) is 5.75 Å². The zero-order valence-electron chi connectivity index (χ0n) is 11.0. The first-order valence-corrected chi connectivity index (χ1v) is 6.51. The second-order valence-corrected chi connectivity index (χ2v) is 4.66. The molecular weight excluding hydrogens is 280 g/mol. The van der Waals surface area contributed by atoms with Crippen molar-refractivity contribution < 1.29 is 9.84 Å². The molecule has 5 nitrogen and oxygen atoms in total. The third-order valence-corrected chi connectivity index (χ3v) is 3.27. The quantitative estimate of drug-likeness (QED) is 0.907. The number of aliphatic hydroxyl groups excluding tert-OH is 1. The van der Waals surface area contributed by atoms with E-state index in [-0.39, 0.29) is 23.6 Å². The summed E-state index contributed by atoms with van der Waals surface area (Å²) in [7, 11) is 1.60. The van der Waals surface area contributed by atoms with Gasteiger partial charge in [0, 0.05) is 18.6 Å². The first-order chi connectivity index (χ1) is 9.65. The van der Waals surface area contributed by atoms with Crippen LogP contribution in [0, 0.1) is 0 Å². The van der Waals surface area contributed by atoms with Crippen molar-refractivity contribution in [3.05, 3.63) is 57.0 Å². The van der Waals surface area contributed by atoms with Gasteiger partial charge in [0.1, 0.15) is 5.75 Å². The summed E-state index contributed by atoms with van der Waals surface area (Å²) in [4.78, 5) is 12.2. The van der Waals surface area contributed by atoms with E-state index in [9.17, 15) is 4.79 Å². The Hall–Kier alpha value is -1.85. The smallest absolute Gasteiger partial charge is 0.271 e. The predicted octanol–water partition coefficient (Wildman–Crippen LogP) is 1.49. The maximum absolute atomic E-state index is 12.2. The van der Waals surface area contributed by atoms with Crippen molar-refractivity contribution in [2.75, 3.05) is 13.7 Å². The van der Waals surface area contributed by atoms with Gasteiger partial charge in [0.2, 0.25) is 0 Å². The van der Waals surface area contributed by atoms with Crippen LogP contribution in [0.3, 0.4) is 0 Å². The molecule has 0 radical (unpaired) electrons. The van der Waals surface area contributed by atoms with Gasteiger partial charge in [0.25, 0.3) is 5.56 Å². The van der Waals surface area contributed by atoms with Crippen LogP contribution in [0.15, 0.2) is 35.3 Å². The number of aliphatic hydroxyl groups is 1. The summed E-state index contributed by atoms with van der Waals surface area (Å²) >= 11 is 5.92. The molecule has 0 atom stereocenters. The number of benzene rings is 1. The Kier molecular flexibility index (Phi) is 4.76. The van der Waals surface area contributed by atoms with Crippen LogP contribution in [0.5, 0.6) is 5.75 Å². The molecule has 0 spiro atoms. The van der Waals surface area contributed by atoms with E-state index in [0.29, 0.717) is 12.1 Å². The predicted molar refractivity (Wildman–Crippen MR) is 76.4 cm³/mol. The van der Waals surface area contributed by atoms with E-state index in [2.05, 4.69) is 5.10 Å². The lowest BCUT2D eigenvalue weighted by atomic mass is 10.2. The summed E-state index contributed by atoms with van der Waals surface area (Å²) in [5.41, 5.74) is 1.04. The number of halogens is 1. The van der Waals surface area contributed by atoms with Crippen LogP contribution in [0.2, 0.25) is 5.02 Å². The molecule has 0 fully saturated rings. The van der Waals surface area contributed by atoms with Crippen molar-refractivity contribution in [2.45, 2.75) is 13.0 Å². The van der Waals surface area contributed by atoms with Crippen molar-refractivity contribution in [1.29, 1.82) is 0 Å². The zero-order valence-corrected chi connectivity index (χ0v) is 11.8. The Bertz CT molecular complexity index is 638. The number of aromatic nitrogens is 2. The van der Waals surface area contributed by atoms with E-state index >= 15 is 0 Å². The van der Waals surface area contributed by atoms with Gasteiger partial charge in [-0.1, -0.05) is 23.7 Å². The van der Waals surface area contributed by atoms with Crippen LogP contribution < -0.4 is 10.3 Å². The first kappa shape index (κ1) is 14.6. The van der Waals surface area contributed by atoms with Crippen LogP contribution in [-0.2, 0) is 13.0 Å². The van der Waals surface area contributed by atoms with Gasteiger partial charge in [-0.2, -0.15) is 5.10 Å². The standard InChI is InChI=1S/C14H15ClN2O3/c1-20-11-4-2-10(3-5-11)9-17-14(19)12(6-7-18)13(15)8-16-17/h2-5,8,18H,6-7,9H2,1H3. The molecule has 20 heavy (non-hydrogen) atoms. The molecule has 1 heterocycles. The highest BCUT2D eigenvalue weighted by atomic mass is 35.5. The highest BCUT2D eigenvalue weighted by molar-refractivity contribution is 6.31. The molecule has 0 amide bonds. The molecule has 0 bridgehead atoms. The molecule has 0 saturated heterocycles. The maximum Gasteiger partial charge on any atom is 0.271 e. The normalized spacial score (nSPS) is 10.6. The van der Waals surface area contributed by atoms with Crippen LogP contribution in [-0.4, -0.2) is 28.6 Å². The summed E-state index contributed by atoms with van der Waals surface area (Å²) in [6.45, 7) is 0.222. The molecule has 0 saturated carbocycles. The van der Waals surface area contributed by atoms with Crippen LogP contribution >= 0.6 is 11.6 Å². The Balaban J connectivity index is 2.29. The number of methoxy groups -OCH3 is 1. The first-order valence-electron chi connectivity index (χ1n) is 6.14. The lowest BCUT2D eigenvalue weighted by Crippen LogP contribution is -2.27. The lowest BCUT2D eigenvalue weighted by Gasteiger charge is -2.08. The highest BCUT2D eigenvalue weighted by Crippen LogP contribution is 2.13. The molecule has 6 heteroatoms. The van der Waals surface area contributed by atoms with Crippen LogP contribution in [0.25, 0.3) is 0 Å². The van der Waals surface area contributed by atoms with Gasteiger partial charge in [-0.25, -0.2) is 4.68 Å². The topological polar surface area (TPSA) is 64.3 Å². The Morgan fingerprint density at radius 3 is 2.65 bits per heavy atom. The van der Waals surface area contributed by atoms with Gasteiger partial charge in [0.05, 0.1) is 24.9 Å². The SMILES string of the molecule is COc1ccc(Cn2ncc(Cl)c(CCO)c2=O)cc1.